The van der Waals surface area contributed by atoms with Gasteiger partial charge in [0.2, 0.25) is 10.0 Å². The number of hydrogen-bond donors (Lipinski definition) is 3. The molecule has 2 heterocycles. The summed E-state index contributed by atoms with van der Waals surface area (Å²) in [5, 5.41) is 21.8. The molecule has 0 amide bonds. The highest BCUT2D eigenvalue weighted by Crippen LogP contribution is 2.25. The van der Waals surface area contributed by atoms with Crippen molar-refractivity contribution in [1.29, 1.82) is 0 Å². The molecule has 0 radical (unpaired) electrons. The van der Waals surface area contributed by atoms with Crippen LogP contribution in [0.1, 0.15) is 6.92 Å². The fourth-order valence-electron chi connectivity index (χ4n) is 1.97. The highest BCUT2D eigenvalue weighted by atomic mass is 32.2. The Hall–Kier alpha value is -1.22. The molecule has 0 spiro atoms. The van der Waals surface area contributed by atoms with Crippen LogP contribution in [0.4, 0.5) is 5.82 Å². The van der Waals surface area contributed by atoms with Crippen molar-refractivity contribution >= 4 is 15.8 Å². The molecule has 0 aromatic carbocycles. The van der Waals surface area contributed by atoms with Crippen LogP contribution >= 0.6 is 0 Å². The number of sulfonamides is 1. The fraction of sp³-hybridized carbons (Fsp3) is 0.545. The van der Waals surface area contributed by atoms with Crippen LogP contribution in [-0.2, 0) is 10.0 Å². The van der Waals surface area contributed by atoms with Gasteiger partial charge >= 0.3 is 0 Å². The summed E-state index contributed by atoms with van der Waals surface area (Å²) in [6, 6.07) is 2.99. The van der Waals surface area contributed by atoms with Crippen LogP contribution < -0.4 is 5.32 Å². The number of aromatic nitrogens is 1. The van der Waals surface area contributed by atoms with Crippen molar-refractivity contribution in [2.45, 2.75) is 24.0 Å². The van der Waals surface area contributed by atoms with Crippen LogP contribution in [0.3, 0.4) is 0 Å². The van der Waals surface area contributed by atoms with Crippen LogP contribution in [0.15, 0.2) is 23.2 Å². The number of β-amino-alcohol motifs (C(OH)–C–C–N with tert-alkyl or cyclic N) is 2. The first-order valence-corrected chi connectivity index (χ1v) is 7.46. The van der Waals surface area contributed by atoms with E-state index >= 15 is 0 Å². The molecule has 0 bridgehead atoms. The minimum atomic E-state index is -3.77. The highest BCUT2D eigenvalue weighted by molar-refractivity contribution is 7.89. The van der Waals surface area contributed by atoms with Crippen LogP contribution in [-0.4, -0.2) is 59.8 Å². The Morgan fingerprint density at radius 1 is 1.42 bits per heavy atom. The van der Waals surface area contributed by atoms with E-state index in [4.69, 9.17) is 0 Å². The number of nitrogens with one attached hydrogen (secondary N) is 1. The van der Waals surface area contributed by atoms with E-state index in [9.17, 15) is 18.6 Å². The Kier molecular flexibility index (Phi) is 4.04. The summed E-state index contributed by atoms with van der Waals surface area (Å²) in [6.07, 6.45) is -0.590. The second-order valence-electron chi connectivity index (χ2n) is 4.34. The zero-order chi connectivity index (χ0) is 14.0. The highest BCUT2D eigenvalue weighted by Gasteiger charge is 2.38. The number of aliphatic hydroxyl groups excluding tert-OH is 2. The maximum absolute atomic E-state index is 12.4. The minimum Gasteiger partial charge on any atom is -0.389 e. The standard InChI is InChI=1S/C11H17N3O4S/c1-2-12-11-10(4-3-5-13-11)19(17,18)14-6-8(15)9(16)7-14/h3-5,8-9,15-16H,2,6-7H2,1H3,(H,12,13). The van der Waals surface area contributed by atoms with Gasteiger partial charge in [0.1, 0.15) is 10.7 Å². The van der Waals surface area contributed by atoms with E-state index in [0.29, 0.717) is 6.54 Å². The molecular formula is C11H17N3O4S. The first-order valence-electron chi connectivity index (χ1n) is 6.02. The SMILES string of the molecule is CCNc1ncccc1S(=O)(=O)N1CC(O)C(O)C1. The van der Waals surface area contributed by atoms with Crippen LogP contribution in [0.2, 0.25) is 0 Å². The molecule has 8 heteroatoms. The van der Waals surface area contributed by atoms with Gasteiger partial charge in [-0.05, 0) is 19.1 Å². The predicted molar refractivity (Wildman–Crippen MR) is 69.2 cm³/mol. The van der Waals surface area contributed by atoms with E-state index in [0.717, 1.165) is 4.31 Å². The zero-order valence-electron chi connectivity index (χ0n) is 10.5. The third-order valence-corrected chi connectivity index (χ3v) is 4.82. The number of nitrogens with zero attached hydrogens (tertiary/aromatic N) is 2. The lowest BCUT2D eigenvalue weighted by atomic mass is 10.3. The summed E-state index contributed by atoms with van der Waals surface area (Å²) in [5.74, 6) is 0.279. The van der Waals surface area contributed by atoms with Gasteiger partial charge in [-0.25, -0.2) is 13.4 Å². The molecule has 1 aliphatic heterocycles. The van der Waals surface area contributed by atoms with E-state index < -0.39 is 22.2 Å². The van der Waals surface area contributed by atoms with Gasteiger partial charge < -0.3 is 15.5 Å². The number of aliphatic hydroxyl groups is 2. The summed E-state index contributed by atoms with van der Waals surface area (Å²) >= 11 is 0. The van der Waals surface area contributed by atoms with E-state index in [1.54, 1.807) is 0 Å². The van der Waals surface area contributed by atoms with Gasteiger partial charge in [-0.15, -0.1) is 0 Å². The summed E-state index contributed by atoms with van der Waals surface area (Å²) in [7, 11) is -3.77. The van der Waals surface area contributed by atoms with Crippen molar-refractivity contribution in [2.75, 3.05) is 25.0 Å². The Balaban J connectivity index is 2.35. The van der Waals surface area contributed by atoms with Gasteiger partial charge in [-0.1, -0.05) is 0 Å². The number of hydrogen-bond acceptors (Lipinski definition) is 6. The van der Waals surface area contributed by atoms with Crippen molar-refractivity contribution in [3.05, 3.63) is 18.3 Å². The summed E-state index contributed by atoms with van der Waals surface area (Å²) < 4.78 is 26.0. The van der Waals surface area contributed by atoms with Crippen molar-refractivity contribution in [2.24, 2.45) is 0 Å². The topological polar surface area (TPSA) is 103 Å². The Morgan fingerprint density at radius 2 is 2.05 bits per heavy atom. The lowest BCUT2D eigenvalue weighted by Crippen LogP contribution is -2.30. The van der Waals surface area contributed by atoms with E-state index in [1.807, 2.05) is 6.92 Å². The third-order valence-electron chi connectivity index (χ3n) is 2.96. The molecule has 1 aromatic rings. The fourth-order valence-corrected chi connectivity index (χ4v) is 3.57. The second-order valence-corrected chi connectivity index (χ2v) is 6.24. The quantitative estimate of drug-likeness (QED) is 0.672. The van der Waals surface area contributed by atoms with Crippen molar-refractivity contribution in [3.63, 3.8) is 0 Å². The average molecular weight is 287 g/mol. The molecule has 1 aliphatic rings. The molecule has 2 atom stereocenters. The summed E-state index contributed by atoms with van der Waals surface area (Å²) in [4.78, 5) is 4.06. The lowest BCUT2D eigenvalue weighted by Gasteiger charge is -2.17. The van der Waals surface area contributed by atoms with Crippen molar-refractivity contribution < 1.29 is 18.6 Å². The molecule has 0 saturated carbocycles. The van der Waals surface area contributed by atoms with Gasteiger partial charge in [-0.3, -0.25) is 0 Å². The zero-order valence-corrected chi connectivity index (χ0v) is 11.3. The monoisotopic (exact) mass is 287 g/mol. The largest absolute Gasteiger partial charge is 0.389 e. The van der Waals surface area contributed by atoms with E-state index in [-0.39, 0.29) is 23.8 Å². The second kappa shape index (κ2) is 5.41. The number of pyridine rings is 1. The molecule has 0 aliphatic carbocycles. The number of rotatable bonds is 4. The van der Waals surface area contributed by atoms with Gasteiger partial charge in [0, 0.05) is 25.8 Å². The molecule has 2 rings (SSSR count). The molecule has 1 aromatic heterocycles. The Morgan fingerprint density at radius 3 is 2.63 bits per heavy atom. The van der Waals surface area contributed by atoms with Crippen LogP contribution in [0.5, 0.6) is 0 Å². The van der Waals surface area contributed by atoms with Gasteiger partial charge in [0.25, 0.3) is 0 Å². The molecule has 1 saturated heterocycles. The molecule has 19 heavy (non-hydrogen) atoms. The molecule has 7 nitrogen and oxygen atoms in total. The molecule has 3 N–H and O–H groups in total. The van der Waals surface area contributed by atoms with Crippen LogP contribution in [0, 0.1) is 0 Å². The molecule has 106 valence electrons. The Bertz CT molecular complexity index is 539. The molecule has 2 unspecified atom stereocenters. The average Bonchev–Trinajstić information content (AvgIpc) is 2.71. The maximum Gasteiger partial charge on any atom is 0.246 e. The first-order chi connectivity index (χ1) is 8.96. The minimum absolute atomic E-state index is 0.0538. The van der Waals surface area contributed by atoms with Crippen molar-refractivity contribution in [1.82, 2.24) is 9.29 Å². The number of anilines is 1. The first kappa shape index (κ1) is 14.2. The third kappa shape index (κ3) is 2.71. The smallest absolute Gasteiger partial charge is 0.246 e. The van der Waals surface area contributed by atoms with Crippen molar-refractivity contribution in [3.8, 4) is 0 Å². The summed E-state index contributed by atoms with van der Waals surface area (Å²) in [5.41, 5.74) is 0. The van der Waals surface area contributed by atoms with Gasteiger partial charge in [0.05, 0.1) is 12.2 Å². The van der Waals surface area contributed by atoms with Crippen LogP contribution in [0.25, 0.3) is 0 Å². The molecular weight excluding hydrogens is 270 g/mol. The van der Waals surface area contributed by atoms with Gasteiger partial charge in [-0.2, -0.15) is 4.31 Å². The lowest BCUT2D eigenvalue weighted by molar-refractivity contribution is 0.0572. The Labute approximate surface area is 111 Å². The normalized spacial score (nSPS) is 24.6. The maximum atomic E-state index is 12.4. The van der Waals surface area contributed by atoms with E-state index in [2.05, 4.69) is 10.3 Å². The van der Waals surface area contributed by atoms with Gasteiger partial charge in [0.15, 0.2) is 0 Å². The predicted octanol–water partition coefficient (Wildman–Crippen LogP) is -0.761. The summed E-state index contributed by atoms with van der Waals surface area (Å²) in [6.45, 7) is 2.17. The van der Waals surface area contributed by atoms with E-state index in [1.165, 1.54) is 18.3 Å². The molecule has 1 fully saturated rings.